The number of hydrogen-bond donors (Lipinski definition) is 5. The average molecular weight is 786 g/mol. The number of nitrogens with two attached hydrogens (primary N) is 1. The summed E-state index contributed by atoms with van der Waals surface area (Å²) in [6.45, 7) is 3.90. The SMILES string of the molecule is CCCCCCCCCCCCC(=O)OC[C@H](CSC[C@@H](N)C(=O)Nc1cn([C@H]2OC(CO)[C@@H](O)[C@H]2O)nn1)OC(=O)CCCCCCCCCCCC. The minimum absolute atomic E-state index is 0.0567. The summed E-state index contributed by atoms with van der Waals surface area (Å²) in [5, 5.41) is 39.8. The minimum atomic E-state index is -1.35. The number of amides is 1. The van der Waals surface area contributed by atoms with Gasteiger partial charge in [-0.15, -0.1) is 5.10 Å². The molecule has 54 heavy (non-hydrogen) atoms. The van der Waals surface area contributed by atoms with Crippen LogP contribution in [0.4, 0.5) is 5.82 Å². The molecule has 2 rings (SSSR count). The molecule has 6 N–H and O–H groups in total. The van der Waals surface area contributed by atoms with E-state index in [1.807, 2.05) is 0 Å². The number of nitrogens with zero attached hydrogens (tertiary/aromatic N) is 3. The van der Waals surface area contributed by atoms with E-state index in [4.69, 9.17) is 19.9 Å². The number of thioether (sulfide) groups is 1. The highest BCUT2D eigenvalue weighted by atomic mass is 32.2. The van der Waals surface area contributed by atoms with Crippen molar-refractivity contribution in [2.24, 2.45) is 5.73 Å². The van der Waals surface area contributed by atoms with Crippen molar-refractivity contribution in [3.05, 3.63) is 6.20 Å². The monoisotopic (exact) mass is 785 g/mol. The number of carbonyl (C=O) groups is 3. The van der Waals surface area contributed by atoms with E-state index >= 15 is 0 Å². The van der Waals surface area contributed by atoms with E-state index < -0.39 is 49.2 Å². The predicted octanol–water partition coefficient (Wildman–Crippen LogP) is 5.97. The van der Waals surface area contributed by atoms with Crippen molar-refractivity contribution >= 4 is 35.4 Å². The van der Waals surface area contributed by atoms with Crippen LogP contribution in [-0.2, 0) is 28.6 Å². The zero-order valence-electron chi connectivity index (χ0n) is 33.0. The van der Waals surface area contributed by atoms with E-state index in [-0.39, 0.29) is 35.9 Å². The van der Waals surface area contributed by atoms with Gasteiger partial charge in [-0.3, -0.25) is 14.4 Å². The van der Waals surface area contributed by atoms with Gasteiger partial charge in [0.25, 0.3) is 0 Å². The third kappa shape index (κ3) is 20.6. The first kappa shape index (κ1) is 47.9. The molecule has 1 saturated heterocycles. The summed E-state index contributed by atoms with van der Waals surface area (Å²) in [6, 6.07) is -0.948. The molecule has 1 unspecified atom stereocenters. The van der Waals surface area contributed by atoms with Crippen LogP contribution in [0.3, 0.4) is 0 Å². The van der Waals surface area contributed by atoms with Crippen molar-refractivity contribution in [3.8, 4) is 0 Å². The molecule has 0 aliphatic carbocycles. The smallest absolute Gasteiger partial charge is 0.306 e. The van der Waals surface area contributed by atoms with Gasteiger partial charge >= 0.3 is 11.9 Å². The normalized spacial score (nSPS) is 19.4. The summed E-state index contributed by atoms with van der Waals surface area (Å²) < 4.78 is 17.9. The molecule has 0 aromatic carbocycles. The lowest BCUT2D eigenvalue weighted by Gasteiger charge is -2.19. The fourth-order valence-corrected chi connectivity index (χ4v) is 7.28. The van der Waals surface area contributed by atoms with Crippen LogP contribution in [0.5, 0.6) is 0 Å². The molecule has 312 valence electrons. The Morgan fingerprint density at radius 1 is 0.815 bits per heavy atom. The summed E-state index contributed by atoms with van der Waals surface area (Å²) in [7, 11) is 0. The van der Waals surface area contributed by atoms with Crippen LogP contribution in [0.25, 0.3) is 0 Å². The Hall–Kier alpha value is -2.30. The Morgan fingerprint density at radius 2 is 1.33 bits per heavy atom. The fraction of sp³-hybridized carbons (Fsp3) is 0.872. The molecule has 0 saturated carbocycles. The number of carbonyl (C=O) groups excluding carboxylic acids is 3. The molecule has 6 atom stereocenters. The Balaban J connectivity index is 1.76. The number of hydrogen-bond acceptors (Lipinski definition) is 13. The van der Waals surface area contributed by atoms with E-state index in [0.29, 0.717) is 12.8 Å². The Bertz CT molecular complexity index is 1150. The van der Waals surface area contributed by atoms with Gasteiger partial charge < -0.3 is 40.6 Å². The van der Waals surface area contributed by atoms with Crippen molar-refractivity contribution < 1.29 is 43.9 Å². The number of aliphatic hydroxyl groups excluding tert-OH is 3. The molecule has 1 aromatic rings. The van der Waals surface area contributed by atoms with Crippen LogP contribution in [-0.4, -0.2) is 103 Å². The highest BCUT2D eigenvalue weighted by molar-refractivity contribution is 7.99. The second kappa shape index (κ2) is 29.9. The van der Waals surface area contributed by atoms with E-state index in [9.17, 15) is 29.7 Å². The van der Waals surface area contributed by atoms with Crippen LogP contribution in [0.1, 0.15) is 161 Å². The number of anilines is 1. The van der Waals surface area contributed by atoms with Crippen molar-refractivity contribution in [2.75, 3.05) is 30.0 Å². The first-order chi connectivity index (χ1) is 26.2. The van der Waals surface area contributed by atoms with Gasteiger partial charge in [0.1, 0.15) is 31.0 Å². The maximum absolute atomic E-state index is 12.8. The third-order valence-electron chi connectivity index (χ3n) is 9.67. The second-order valence-electron chi connectivity index (χ2n) is 14.6. The Kier molecular flexibility index (Phi) is 26.5. The van der Waals surface area contributed by atoms with Crippen LogP contribution in [0.15, 0.2) is 6.20 Å². The van der Waals surface area contributed by atoms with Gasteiger partial charge in [-0.1, -0.05) is 135 Å². The quantitative estimate of drug-likeness (QED) is 0.0412. The Labute approximate surface area is 327 Å². The van der Waals surface area contributed by atoms with Gasteiger partial charge in [0, 0.05) is 24.3 Å². The third-order valence-corrected chi connectivity index (χ3v) is 10.9. The van der Waals surface area contributed by atoms with Crippen molar-refractivity contribution in [2.45, 2.75) is 192 Å². The summed E-state index contributed by atoms with van der Waals surface area (Å²) in [5.41, 5.74) is 6.15. The molecule has 1 aliphatic heterocycles. The van der Waals surface area contributed by atoms with Crippen LogP contribution >= 0.6 is 11.8 Å². The van der Waals surface area contributed by atoms with Gasteiger partial charge in [-0.05, 0) is 12.8 Å². The van der Waals surface area contributed by atoms with E-state index in [2.05, 4.69) is 29.5 Å². The summed E-state index contributed by atoms with van der Waals surface area (Å²) in [5.74, 6) is -0.632. The number of rotatable bonds is 33. The molecule has 1 amide bonds. The number of ether oxygens (including phenoxy) is 3. The number of esters is 2. The lowest BCUT2D eigenvalue weighted by Crippen LogP contribution is -2.38. The molecule has 14 nitrogen and oxygen atoms in total. The zero-order chi connectivity index (χ0) is 39.4. The lowest BCUT2D eigenvalue weighted by atomic mass is 10.1. The lowest BCUT2D eigenvalue weighted by molar-refractivity contribution is -0.157. The molecule has 1 fully saturated rings. The van der Waals surface area contributed by atoms with Crippen LogP contribution in [0.2, 0.25) is 0 Å². The van der Waals surface area contributed by atoms with Gasteiger partial charge in [-0.25, -0.2) is 4.68 Å². The minimum Gasteiger partial charge on any atom is -0.462 e. The van der Waals surface area contributed by atoms with Crippen molar-refractivity contribution in [1.82, 2.24) is 15.0 Å². The van der Waals surface area contributed by atoms with E-state index in [1.54, 1.807) is 0 Å². The second-order valence-corrected chi connectivity index (χ2v) is 15.7. The number of aliphatic hydroxyl groups is 3. The van der Waals surface area contributed by atoms with Crippen molar-refractivity contribution in [3.63, 3.8) is 0 Å². The topological polar surface area (TPSA) is 208 Å². The van der Waals surface area contributed by atoms with Gasteiger partial charge in [-0.2, -0.15) is 11.8 Å². The van der Waals surface area contributed by atoms with Gasteiger partial charge in [0.05, 0.1) is 18.8 Å². The molecule has 15 heteroatoms. The highest BCUT2D eigenvalue weighted by Gasteiger charge is 2.44. The van der Waals surface area contributed by atoms with Gasteiger partial charge in [0.2, 0.25) is 5.91 Å². The number of nitrogens with one attached hydrogen (secondary N) is 1. The highest BCUT2D eigenvalue weighted by Crippen LogP contribution is 2.29. The van der Waals surface area contributed by atoms with E-state index in [0.717, 1.165) is 43.2 Å². The molecule has 2 heterocycles. The molecule has 0 spiro atoms. The largest absolute Gasteiger partial charge is 0.462 e. The standard InChI is InChI=1S/C39H71N5O9S/c1-3-5-7-9-11-13-15-17-19-21-23-34(46)51-27-30(52-35(47)24-22-20-18-16-14-12-10-8-6-4-2)28-54-29-31(40)38(50)41-33-25-44(43-42-33)39-37(49)36(48)32(26-45)53-39/h25,30-32,36-37,39,45,48-49H,3-24,26-29,40H2,1-2H3,(H,41,50)/t30-,31-,32?,36-,37-,39+/m1/s1. The first-order valence-electron chi connectivity index (χ1n) is 20.7. The summed E-state index contributed by atoms with van der Waals surface area (Å²) >= 11 is 1.31. The van der Waals surface area contributed by atoms with Gasteiger partial charge in [0.15, 0.2) is 12.0 Å². The summed E-state index contributed by atoms with van der Waals surface area (Å²) in [6.07, 6.45) is 19.9. The van der Waals surface area contributed by atoms with Crippen molar-refractivity contribution in [1.29, 1.82) is 0 Å². The Morgan fingerprint density at radius 3 is 1.85 bits per heavy atom. The maximum atomic E-state index is 12.8. The maximum Gasteiger partial charge on any atom is 0.306 e. The van der Waals surface area contributed by atoms with E-state index in [1.165, 1.54) is 108 Å². The molecule has 0 radical (unpaired) electrons. The summed E-state index contributed by atoms with van der Waals surface area (Å²) in [4.78, 5) is 38.1. The molecule has 0 bridgehead atoms. The molecular formula is C39H71N5O9S. The predicted molar refractivity (Wildman–Crippen MR) is 211 cm³/mol. The van der Waals surface area contributed by atoms with Crippen LogP contribution in [0, 0.1) is 0 Å². The zero-order valence-corrected chi connectivity index (χ0v) is 33.9. The first-order valence-corrected chi connectivity index (χ1v) is 21.9. The average Bonchev–Trinajstić information content (AvgIpc) is 3.74. The van der Waals surface area contributed by atoms with Crippen LogP contribution < -0.4 is 11.1 Å². The number of unbranched alkanes of at least 4 members (excludes halogenated alkanes) is 18. The number of aromatic nitrogens is 3. The molecular weight excluding hydrogens is 715 g/mol. The molecule has 1 aromatic heterocycles. The fourth-order valence-electron chi connectivity index (χ4n) is 6.31. The molecule has 1 aliphatic rings.